The summed E-state index contributed by atoms with van der Waals surface area (Å²) < 4.78 is 19.7. The molecule has 10 nitrogen and oxygen atoms in total. The third kappa shape index (κ3) is 5.73. The van der Waals surface area contributed by atoms with Crippen molar-refractivity contribution in [2.75, 3.05) is 26.3 Å². The van der Waals surface area contributed by atoms with E-state index in [1.165, 1.54) is 34.9 Å². The molecule has 1 saturated heterocycles. The Morgan fingerprint density at radius 1 is 1.22 bits per heavy atom. The molecule has 1 fully saturated rings. The van der Waals surface area contributed by atoms with Crippen LogP contribution in [0.2, 0.25) is 0 Å². The summed E-state index contributed by atoms with van der Waals surface area (Å²) in [7, 11) is 0. The molecule has 0 bridgehead atoms. The van der Waals surface area contributed by atoms with Gasteiger partial charge in [0.1, 0.15) is 11.6 Å². The molecule has 0 unspecified atom stereocenters. The number of hydrogen-bond donors (Lipinski definition) is 3. The number of allylic oxidation sites excluding steroid dienone is 1. The highest BCUT2D eigenvalue weighted by Gasteiger charge is 2.38. The first-order valence-corrected chi connectivity index (χ1v) is 11.9. The van der Waals surface area contributed by atoms with E-state index in [4.69, 9.17) is 4.74 Å². The van der Waals surface area contributed by atoms with E-state index in [1.54, 1.807) is 4.90 Å². The Labute approximate surface area is 208 Å². The van der Waals surface area contributed by atoms with E-state index in [0.717, 1.165) is 0 Å². The molecule has 0 aliphatic carbocycles. The van der Waals surface area contributed by atoms with Crippen LogP contribution >= 0.6 is 0 Å². The predicted octanol–water partition coefficient (Wildman–Crippen LogP) is 2.26. The summed E-state index contributed by atoms with van der Waals surface area (Å²) in [4.78, 5) is 45.3. The Balaban J connectivity index is 2.00. The monoisotopic (exact) mass is 501 g/mol. The van der Waals surface area contributed by atoms with Gasteiger partial charge in [-0.1, -0.05) is 32.1 Å². The van der Waals surface area contributed by atoms with Crippen molar-refractivity contribution in [3.8, 4) is 5.75 Å². The van der Waals surface area contributed by atoms with Crippen molar-refractivity contribution in [2.45, 2.75) is 45.3 Å². The Morgan fingerprint density at radius 3 is 2.44 bits per heavy atom. The van der Waals surface area contributed by atoms with Crippen molar-refractivity contribution in [1.29, 1.82) is 0 Å². The second-order valence-corrected chi connectivity index (χ2v) is 8.46. The molecule has 36 heavy (non-hydrogen) atoms. The fourth-order valence-electron chi connectivity index (χ4n) is 4.08. The molecule has 1 aliphatic rings. The number of nitrogens with one attached hydrogen (secondary N) is 2. The fourth-order valence-corrected chi connectivity index (χ4v) is 4.08. The SMILES string of the molecule is C=CCn1c(C(CC)(CC)NC(=O)N2CCOCC2)nc(C(=O)NCc2ccc(F)cc2)c(O)c1=O. The molecular formula is C25H32FN5O5. The van der Waals surface area contributed by atoms with Crippen LogP contribution in [0.25, 0.3) is 0 Å². The molecule has 0 saturated carbocycles. The van der Waals surface area contributed by atoms with Crippen LogP contribution in [-0.2, 0) is 23.4 Å². The molecule has 1 aromatic carbocycles. The molecule has 2 heterocycles. The quantitative estimate of drug-likeness (QED) is 0.453. The molecule has 0 atom stereocenters. The number of rotatable bonds is 9. The largest absolute Gasteiger partial charge is 0.501 e. The first-order valence-electron chi connectivity index (χ1n) is 11.9. The molecule has 0 radical (unpaired) electrons. The zero-order chi connectivity index (χ0) is 26.3. The molecule has 1 aromatic heterocycles. The third-order valence-electron chi connectivity index (χ3n) is 6.32. The number of aromatic nitrogens is 2. The Hall–Kier alpha value is -3.73. The molecule has 3 N–H and O–H groups in total. The van der Waals surface area contributed by atoms with E-state index in [0.29, 0.717) is 44.7 Å². The van der Waals surface area contributed by atoms with Crippen LogP contribution in [0.3, 0.4) is 0 Å². The molecule has 2 aromatic rings. The standard InChI is InChI=1S/C25H32FN5O5/c1-4-11-31-22(34)20(32)19(21(33)27-16-17-7-9-18(26)10-8-17)28-23(31)25(5-2,6-3)29-24(35)30-12-14-36-15-13-30/h4,7-10,32H,1,5-6,11-16H2,2-3H3,(H,27,33)(H,29,35). The molecule has 0 spiro atoms. The highest BCUT2D eigenvalue weighted by atomic mass is 19.1. The van der Waals surface area contributed by atoms with Crippen LogP contribution in [0.4, 0.5) is 9.18 Å². The maximum Gasteiger partial charge on any atom is 0.318 e. The van der Waals surface area contributed by atoms with Gasteiger partial charge in [-0.25, -0.2) is 14.2 Å². The number of nitrogens with zero attached hydrogens (tertiary/aromatic N) is 3. The molecule has 11 heteroatoms. The Bertz CT molecular complexity index is 1150. The average Bonchev–Trinajstić information content (AvgIpc) is 2.90. The van der Waals surface area contributed by atoms with Crippen LogP contribution in [0.5, 0.6) is 5.75 Å². The predicted molar refractivity (Wildman–Crippen MR) is 131 cm³/mol. The summed E-state index contributed by atoms with van der Waals surface area (Å²) in [5, 5.41) is 16.2. The van der Waals surface area contributed by atoms with Gasteiger partial charge in [-0.3, -0.25) is 14.2 Å². The third-order valence-corrected chi connectivity index (χ3v) is 6.32. The van der Waals surface area contributed by atoms with Gasteiger partial charge >= 0.3 is 6.03 Å². The fraction of sp³-hybridized carbons (Fsp3) is 0.440. The van der Waals surface area contributed by atoms with Crippen molar-refractivity contribution in [2.24, 2.45) is 0 Å². The lowest BCUT2D eigenvalue weighted by atomic mass is 9.91. The number of halogens is 1. The van der Waals surface area contributed by atoms with Crippen molar-refractivity contribution in [1.82, 2.24) is 25.1 Å². The Kier molecular flexibility index (Phi) is 8.81. The van der Waals surface area contributed by atoms with Crippen LogP contribution in [0.15, 0.2) is 41.7 Å². The molecule has 3 amide bonds. The van der Waals surface area contributed by atoms with Crippen LogP contribution in [-0.4, -0.2) is 57.8 Å². The van der Waals surface area contributed by atoms with Crippen molar-refractivity contribution in [3.05, 3.63) is 70.2 Å². The topological polar surface area (TPSA) is 126 Å². The maximum absolute atomic E-state index is 13.2. The highest BCUT2D eigenvalue weighted by Crippen LogP contribution is 2.29. The van der Waals surface area contributed by atoms with E-state index in [9.17, 15) is 23.9 Å². The van der Waals surface area contributed by atoms with E-state index < -0.39 is 34.3 Å². The van der Waals surface area contributed by atoms with Gasteiger partial charge in [0, 0.05) is 26.2 Å². The minimum atomic E-state index is -1.10. The summed E-state index contributed by atoms with van der Waals surface area (Å²) >= 11 is 0. The number of urea groups is 1. The van der Waals surface area contributed by atoms with Crippen molar-refractivity contribution < 1.29 is 23.8 Å². The second-order valence-electron chi connectivity index (χ2n) is 8.46. The number of carbonyl (C=O) groups excluding carboxylic acids is 2. The summed E-state index contributed by atoms with van der Waals surface area (Å²) in [6, 6.07) is 5.21. The van der Waals surface area contributed by atoms with Crippen LogP contribution < -0.4 is 16.2 Å². The zero-order valence-corrected chi connectivity index (χ0v) is 20.6. The van der Waals surface area contributed by atoms with E-state index in [2.05, 4.69) is 22.2 Å². The van der Waals surface area contributed by atoms with Gasteiger partial charge in [0.2, 0.25) is 5.75 Å². The van der Waals surface area contributed by atoms with E-state index in [-0.39, 0.29) is 24.9 Å². The molecule has 194 valence electrons. The molecule has 3 rings (SSSR count). The van der Waals surface area contributed by atoms with Gasteiger partial charge in [-0.15, -0.1) is 6.58 Å². The van der Waals surface area contributed by atoms with Gasteiger partial charge in [0.15, 0.2) is 5.69 Å². The number of aromatic hydroxyl groups is 1. The van der Waals surface area contributed by atoms with Crippen molar-refractivity contribution >= 4 is 11.9 Å². The minimum absolute atomic E-state index is 0.0153. The second kappa shape index (κ2) is 11.8. The maximum atomic E-state index is 13.2. The number of benzene rings is 1. The van der Waals surface area contributed by atoms with Gasteiger partial charge in [0.25, 0.3) is 11.5 Å². The minimum Gasteiger partial charge on any atom is -0.501 e. The van der Waals surface area contributed by atoms with Gasteiger partial charge in [-0.05, 0) is 30.5 Å². The number of morpholine rings is 1. The van der Waals surface area contributed by atoms with E-state index in [1.807, 2.05) is 13.8 Å². The highest BCUT2D eigenvalue weighted by molar-refractivity contribution is 5.94. The number of carbonyl (C=O) groups is 2. The summed E-state index contributed by atoms with van der Waals surface area (Å²) in [5.41, 5.74) is -1.75. The van der Waals surface area contributed by atoms with Crippen LogP contribution in [0, 0.1) is 5.82 Å². The van der Waals surface area contributed by atoms with E-state index >= 15 is 0 Å². The summed E-state index contributed by atoms with van der Waals surface area (Å²) in [6.07, 6.45) is 2.20. The lowest BCUT2D eigenvalue weighted by Gasteiger charge is -2.37. The smallest absolute Gasteiger partial charge is 0.318 e. The average molecular weight is 502 g/mol. The van der Waals surface area contributed by atoms with Gasteiger partial charge in [-0.2, -0.15) is 0 Å². The lowest BCUT2D eigenvalue weighted by Crippen LogP contribution is -2.55. The number of amides is 3. The number of hydrogen-bond acceptors (Lipinski definition) is 6. The summed E-state index contributed by atoms with van der Waals surface area (Å²) in [6.45, 7) is 9.11. The van der Waals surface area contributed by atoms with Crippen molar-refractivity contribution in [3.63, 3.8) is 0 Å². The van der Waals surface area contributed by atoms with Crippen LogP contribution in [0.1, 0.15) is 48.6 Å². The summed E-state index contributed by atoms with van der Waals surface area (Å²) in [5.74, 6) is -1.85. The first-order chi connectivity index (χ1) is 17.3. The Morgan fingerprint density at radius 2 is 1.86 bits per heavy atom. The van der Waals surface area contributed by atoms with Gasteiger partial charge in [0.05, 0.1) is 18.8 Å². The first kappa shape index (κ1) is 26.9. The normalized spacial score (nSPS) is 13.8. The van der Waals surface area contributed by atoms with Gasteiger partial charge < -0.3 is 25.4 Å². The molecule has 1 aliphatic heterocycles. The lowest BCUT2D eigenvalue weighted by molar-refractivity contribution is 0.0501. The number of ether oxygens (including phenoxy) is 1. The molecular weight excluding hydrogens is 469 g/mol. The zero-order valence-electron chi connectivity index (χ0n) is 20.6.